The van der Waals surface area contributed by atoms with Crippen LogP contribution in [0.4, 0.5) is 5.82 Å². The number of nitrogens with one attached hydrogen (secondary N) is 1. The molecule has 2 heterocycles. The Kier molecular flexibility index (Phi) is 5.84. The Labute approximate surface area is 165 Å². The topological polar surface area (TPSA) is 116 Å². The normalized spacial score (nSPS) is 10.9. The SMILES string of the molecule is CCCn1c(N)c(C(=O)CSc2nccn2-c2ccccc2C)c(=O)[nH]c1=O. The monoisotopic (exact) mass is 399 g/mol. The number of carbonyl (C=O) groups is 1. The fourth-order valence-corrected chi connectivity index (χ4v) is 3.76. The van der Waals surface area contributed by atoms with Gasteiger partial charge in [-0.3, -0.25) is 23.7 Å². The number of aromatic nitrogens is 4. The van der Waals surface area contributed by atoms with Crippen LogP contribution in [0.5, 0.6) is 0 Å². The summed E-state index contributed by atoms with van der Waals surface area (Å²) >= 11 is 1.21. The van der Waals surface area contributed by atoms with Crippen molar-refractivity contribution in [1.82, 2.24) is 19.1 Å². The van der Waals surface area contributed by atoms with Crippen molar-refractivity contribution in [3.63, 3.8) is 0 Å². The highest BCUT2D eigenvalue weighted by Crippen LogP contribution is 2.23. The van der Waals surface area contributed by atoms with Crippen LogP contribution >= 0.6 is 11.8 Å². The highest BCUT2D eigenvalue weighted by atomic mass is 32.2. The molecule has 146 valence electrons. The van der Waals surface area contributed by atoms with Gasteiger partial charge in [0, 0.05) is 18.9 Å². The van der Waals surface area contributed by atoms with E-state index in [9.17, 15) is 14.4 Å². The molecule has 1 aromatic carbocycles. The Morgan fingerprint density at radius 2 is 2.04 bits per heavy atom. The number of rotatable bonds is 7. The maximum absolute atomic E-state index is 12.7. The Hall–Kier alpha value is -3.07. The zero-order chi connectivity index (χ0) is 20.3. The van der Waals surface area contributed by atoms with Crippen molar-refractivity contribution in [2.24, 2.45) is 0 Å². The summed E-state index contributed by atoms with van der Waals surface area (Å²) in [5, 5.41) is 0.625. The molecule has 0 saturated heterocycles. The molecule has 0 aliphatic heterocycles. The van der Waals surface area contributed by atoms with Crippen LogP contribution in [0.3, 0.4) is 0 Å². The summed E-state index contributed by atoms with van der Waals surface area (Å²) in [5.41, 5.74) is 6.43. The molecule has 3 aromatic rings. The van der Waals surface area contributed by atoms with Gasteiger partial charge in [-0.25, -0.2) is 9.78 Å². The lowest BCUT2D eigenvalue weighted by Crippen LogP contribution is -2.36. The van der Waals surface area contributed by atoms with Crippen molar-refractivity contribution < 1.29 is 4.79 Å². The van der Waals surface area contributed by atoms with Crippen molar-refractivity contribution in [1.29, 1.82) is 0 Å². The molecule has 3 N–H and O–H groups in total. The third-order valence-electron chi connectivity index (χ3n) is 4.28. The van der Waals surface area contributed by atoms with E-state index in [0.717, 1.165) is 11.3 Å². The van der Waals surface area contributed by atoms with Crippen molar-refractivity contribution in [2.75, 3.05) is 11.5 Å². The molecule has 0 aliphatic rings. The molecule has 9 heteroatoms. The number of hydrogen-bond acceptors (Lipinski definition) is 6. The molecular formula is C19H21N5O3S. The number of thioether (sulfide) groups is 1. The molecular weight excluding hydrogens is 378 g/mol. The maximum Gasteiger partial charge on any atom is 0.329 e. The smallest absolute Gasteiger partial charge is 0.329 e. The Bertz CT molecular complexity index is 1130. The van der Waals surface area contributed by atoms with E-state index in [1.54, 1.807) is 6.20 Å². The zero-order valence-electron chi connectivity index (χ0n) is 15.6. The fraction of sp³-hybridized carbons (Fsp3) is 0.263. The average Bonchev–Trinajstić information content (AvgIpc) is 3.12. The number of H-pyrrole nitrogens is 1. The number of ketones is 1. The molecule has 28 heavy (non-hydrogen) atoms. The van der Waals surface area contributed by atoms with Crippen LogP contribution in [0, 0.1) is 6.92 Å². The number of benzene rings is 1. The standard InChI is InChI=1S/C19H21N5O3S/c1-3-9-24-16(20)15(17(26)22-18(24)27)14(25)11-28-19-21-8-10-23(19)13-7-5-4-6-12(13)2/h4-8,10H,3,9,11,20H2,1-2H3,(H,22,26,27). The summed E-state index contributed by atoms with van der Waals surface area (Å²) in [6, 6.07) is 7.84. The number of imidazole rings is 1. The van der Waals surface area contributed by atoms with Gasteiger partial charge in [0.2, 0.25) is 0 Å². The largest absolute Gasteiger partial charge is 0.384 e. The van der Waals surface area contributed by atoms with Gasteiger partial charge in [-0.05, 0) is 25.0 Å². The molecule has 0 radical (unpaired) electrons. The minimum absolute atomic E-state index is 0.0273. The van der Waals surface area contributed by atoms with E-state index in [1.165, 1.54) is 16.3 Å². The first-order valence-electron chi connectivity index (χ1n) is 8.82. The fourth-order valence-electron chi connectivity index (χ4n) is 2.92. The summed E-state index contributed by atoms with van der Waals surface area (Å²) in [4.78, 5) is 43.2. The number of para-hydroxylation sites is 1. The molecule has 3 rings (SSSR count). The first kappa shape index (κ1) is 19.7. The highest BCUT2D eigenvalue weighted by molar-refractivity contribution is 7.99. The van der Waals surface area contributed by atoms with E-state index < -0.39 is 17.0 Å². The molecule has 0 aliphatic carbocycles. The zero-order valence-corrected chi connectivity index (χ0v) is 16.5. The van der Waals surface area contributed by atoms with Gasteiger partial charge in [-0.1, -0.05) is 36.9 Å². The van der Waals surface area contributed by atoms with Gasteiger partial charge in [0.05, 0.1) is 11.4 Å². The summed E-state index contributed by atoms with van der Waals surface area (Å²) in [6.07, 6.45) is 4.12. The third-order valence-corrected chi connectivity index (χ3v) is 5.25. The Balaban J connectivity index is 1.86. The van der Waals surface area contributed by atoms with Crippen LogP contribution in [0.1, 0.15) is 29.3 Å². The van der Waals surface area contributed by atoms with Gasteiger partial charge < -0.3 is 5.73 Å². The van der Waals surface area contributed by atoms with Crippen LogP contribution in [-0.4, -0.2) is 30.6 Å². The molecule has 0 fully saturated rings. The first-order valence-corrected chi connectivity index (χ1v) is 9.80. The first-order chi connectivity index (χ1) is 13.4. The maximum atomic E-state index is 12.7. The molecule has 8 nitrogen and oxygen atoms in total. The third kappa shape index (κ3) is 3.79. The van der Waals surface area contributed by atoms with E-state index in [4.69, 9.17) is 5.73 Å². The number of nitrogen functional groups attached to an aromatic ring is 1. The van der Waals surface area contributed by atoms with E-state index in [2.05, 4.69) is 9.97 Å². The number of nitrogens with two attached hydrogens (primary N) is 1. The van der Waals surface area contributed by atoms with Gasteiger partial charge >= 0.3 is 5.69 Å². The average molecular weight is 399 g/mol. The van der Waals surface area contributed by atoms with Crippen LogP contribution < -0.4 is 17.0 Å². The lowest BCUT2D eigenvalue weighted by atomic mass is 10.2. The van der Waals surface area contributed by atoms with Gasteiger partial charge in [-0.15, -0.1) is 0 Å². The lowest BCUT2D eigenvalue weighted by molar-refractivity contribution is 0.102. The van der Waals surface area contributed by atoms with Crippen LogP contribution in [-0.2, 0) is 6.54 Å². The van der Waals surface area contributed by atoms with Crippen molar-refractivity contribution >= 4 is 23.4 Å². The number of Topliss-reactive ketones (excluding diaryl/α,β-unsaturated/α-hetero) is 1. The number of aromatic amines is 1. The molecule has 0 bridgehead atoms. The van der Waals surface area contributed by atoms with Gasteiger partial charge in [0.25, 0.3) is 5.56 Å². The van der Waals surface area contributed by atoms with Crippen LogP contribution in [0.25, 0.3) is 5.69 Å². The minimum Gasteiger partial charge on any atom is -0.384 e. The van der Waals surface area contributed by atoms with Crippen molar-refractivity contribution in [2.45, 2.75) is 32.0 Å². The summed E-state index contributed by atoms with van der Waals surface area (Å²) in [5.74, 6) is -0.572. The van der Waals surface area contributed by atoms with Crippen molar-refractivity contribution in [3.05, 3.63) is 68.6 Å². The minimum atomic E-state index is -0.761. The number of anilines is 1. The summed E-state index contributed by atoms with van der Waals surface area (Å²) in [7, 11) is 0. The van der Waals surface area contributed by atoms with Gasteiger partial charge in [-0.2, -0.15) is 0 Å². The number of carbonyl (C=O) groups excluding carboxylic acids is 1. The van der Waals surface area contributed by atoms with Gasteiger partial charge in [0.1, 0.15) is 11.4 Å². The molecule has 0 atom stereocenters. The molecule has 2 aromatic heterocycles. The number of aryl methyl sites for hydroxylation is 1. The van der Waals surface area contributed by atoms with Crippen LogP contribution in [0.2, 0.25) is 0 Å². The second-order valence-corrected chi connectivity index (χ2v) is 7.19. The summed E-state index contributed by atoms with van der Waals surface area (Å²) < 4.78 is 3.10. The molecule has 0 unspecified atom stereocenters. The highest BCUT2D eigenvalue weighted by Gasteiger charge is 2.20. The van der Waals surface area contributed by atoms with Crippen molar-refractivity contribution in [3.8, 4) is 5.69 Å². The van der Waals surface area contributed by atoms with Gasteiger partial charge in [0.15, 0.2) is 10.9 Å². The molecule has 0 saturated carbocycles. The lowest BCUT2D eigenvalue weighted by Gasteiger charge is -2.12. The second kappa shape index (κ2) is 8.30. The predicted molar refractivity (Wildman–Crippen MR) is 109 cm³/mol. The second-order valence-electron chi connectivity index (χ2n) is 6.25. The Morgan fingerprint density at radius 1 is 1.29 bits per heavy atom. The molecule has 0 spiro atoms. The van der Waals surface area contributed by atoms with E-state index in [1.807, 2.05) is 48.9 Å². The van der Waals surface area contributed by atoms with Crippen LogP contribution in [0.15, 0.2) is 51.4 Å². The summed E-state index contributed by atoms with van der Waals surface area (Å²) in [6.45, 7) is 4.19. The predicted octanol–water partition coefficient (Wildman–Crippen LogP) is 2.00. The van der Waals surface area contributed by atoms with E-state index >= 15 is 0 Å². The van der Waals surface area contributed by atoms with E-state index in [0.29, 0.717) is 18.1 Å². The Morgan fingerprint density at radius 3 is 2.75 bits per heavy atom. The van der Waals surface area contributed by atoms with E-state index in [-0.39, 0.29) is 17.1 Å². The number of nitrogens with zero attached hydrogens (tertiary/aromatic N) is 3. The quantitative estimate of drug-likeness (QED) is 0.464. The molecule has 0 amide bonds. The number of hydrogen-bond donors (Lipinski definition) is 2.